The Labute approximate surface area is 114 Å². The Morgan fingerprint density at radius 1 is 1.40 bits per heavy atom. The van der Waals surface area contributed by atoms with Gasteiger partial charge < -0.3 is 10.4 Å². The summed E-state index contributed by atoms with van der Waals surface area (Å²) in [4.78, 5) is 11.7. The third-order valence-electron chi connectivity index (χ3n) is 3.34. The predicted octanol–water partition coefficient (Wildman–Crippen LogP) is 2.60. The molecule has 3 nitrogen and oxygen atoms in total. The molecule has 0 aliphatic heterocycles. The average molecular weight is 287 g/mol. The van der Waals surface area contributed by atoms with E-state index in [-0.39, 0.29) is 12.1 Å². The lowest BCUT2D eigenvalue weighted by Crippen LogP contribution is -2.28. The highest BCUT2D eigenvalue weighted by molar-refractivity contribution is 5.94. The molecule has 1 atom stereocenters. The van der Waals surface area contributed by atoms with Gasteiger partial charge in [-0.05, 0) is 43.4 Å². The molecule has 0 radical (unpaired) electrons. The fourth-order valence-electron chi connectivity index (χ4n) is 1.99. The minimum Gasteiger partial charge on any atom is -0.393 e. The van der Waals surface area contributed by atoms with E-state index in [1.807, 2.05) is 0 Å². The number of hydrogen-bond donors (Lipinski definition) is 2. The highest BCUT2D eigenvalue weighted by atomic mass is 19.4. The molecule has 0 unspecified atom stereocenters. The minimum atomic E-state index is -4.46. The molecule has 2 rings (SSSR count). The maximum absolute atomic E-state index is 12.5. The Hall–Kier alpha value is -1.56. The quantitative estimate of drug-likeness (QED) is 0.874. The third-order valence-corrected chi connectivity index (χ3v) is 3.34. The normalized spacial score (nSPS) is 16.8. The molecule has 1 aliphatic rings. The molecule has 1 saturated carbocycles. The zero-order valence-electron chi connectivity index (χ0n) is 10.8. The molecule has 1 aliphatic carbocycles. The van der Waals surface area contributed by atoms with E-state index < -0.39 is 23.8 Å². The molecule has 1 fully saturated rings. The molecular weight excluding hydrogens is 271 g/mol. The highest BCUT2D eigenvalue weighted by Crippen LogP contribution is 2.33. The second kappa shape index (κ2) is 5.83. The van der Waals surface area contributed by atoms with Crippen molar-refractivity contribution in [2.45, 2.75) is 31.5 Å². The summed E-state index contributed by atoms with van der Waals surface area (Å²) in [6, 6.07) is 4.29. The molecule has 1 amide bonds. The van der Waals surface area contributed by atoms with Crippen LogP contribution in [-0.4, -0.2) is 23.7 Å². The van der Waals surface area contributed by atoms with Crippen LogP contribution in [0.4, 0.5) is 13.2 Å². The van der Waals surface area contributed by atoms with Gasteiger partial charge in [-0.25, -0.2) is 0 Å². The van der Waals surface area contributed by atoms with E-state index in [2.05, 4.69) is 5.32 Å². The summed E-state index contributed by atoms with van der Waals surface area (Å²) >= 11 is 0. The van der Waals surface area contributed by atoms with E-state index in [1.165, 1.54) is 12.1 Å². The first-order chi connectivity index (χ1) is 9.38. The van der Waals surface area contributed by atoms with Crippen molar-refractivity contribution in [3.63, 3.8) is 0 Å². The fourth-order valence-corrected chi connectivity index (χ4v) is 1.99. The number of rotatable bonds is 5. The number of hydrogen-bond acceptors (Lipinski definition) is 2. The van der Waals surface area contributed by atoms with Crippen molar-refractivity contribution in [1.29, 1.82) is 0 Å². The Balaban J connectivity index is 1.88. The van der Waals surface area contributed by atoms with E-state index in [9.17, 15) is 23.1 Å². The van der Waals surface area contributed by atoms with Crippen molar-refractivity contribution in [2.75, 3.05) is 6.54 Å². The van der Waals surface area contributed by atoms with Gasteiger partial charge in [0.1, 0.15) is 0 Å². The number of aliphatic hydroxyl groups excluding tert-OH is 1. The molecule has 110 valence electrons. The molecule has 20 heavy (non-hydrogen) atoms. The van der Waals surface area contributed by atoms with Crippen molar-refractivity contribution in [2.24, 2.45) is 5.92 Å². The van der Waals surface area contributed by atoms with Crippen LogP contribution in [0.2, 0.25) is 0 Å². The van der Waals surface area contributed by atoms with Crippen LogP contribution in [-0.2, 0) is 6.18 Å². The van der Waals surface area contributed by atoms with Crippen LogP contribution in [0.15, 0.2) is 24.3 Å². The van der Waals surface area contributed by atoms with E-state index in [0.717, 1.165) is 25.0 Å². The number of benzene rings is 1. The topological polar surface area (TPSA) is 49.3 Å². The molecule has 0 aromatic heterocycles. The Kier molecular flexibility index (Phi) is 4.32. The van der Waals surface area contributed by atoms with Gasteiger partial charge in [0.2, 0.25) is 0 Å². The SMILES string of the molecule is O=C(NCC[C@@H](O)C1CC1)c1cccc(C(F)(F)F)c1. The molecule has 1 aromatic carbocycles. The predicted molar refractivity (Wildman–Crippen MR) is 67.1 cm³/mol. The summed E-state index contributed by atoms with van der Waals surface area (Å²) in [7, 11) is 0. The number of alkyl halides is 3. The van der Waals surface area contributed by atoms with Gasteiger partial charge in [0.05, 0.1) is 11.7 Å². The second-order valence-electron chi connectivity index (χ2n) is 5.03. The van der Waals surface area contributed by atoms with Crippen LogP contribution >= 0.6 is 0 Å². The van der Waals surface area contributed by atoms with Crippen molar-refractivity contribution in [3.05, 3.63) is 35.4 Å². The van der Waals surface area contributed by atoms with Gasteiger partial charge in [0, 0.05) is 12.1 Å². The molecule has 1 aromatic rings. The summed E-state index contributed by atoms with van der Waals surface area (Å²) in [6.07, 6.45) is -2.46. The first kappa shape index (κ1) is 14.8. The molecule has 0 saturated heterocycles. The molecule has 6 heteroatoms. The number of nitrogens with one attached hydrogen (secondary N) is 1. The van der Waals surface area contributed by atoms with Gasteiger partial charge in [0.15, 0.2) is 0 Å². The zero-order valence-corrected chi connectivity index (χ0v) is 10.8. The minimum absolute atomic E-state index is 0.0271. The molecule has 0 bridgehead atoms. The van der Waals surface area contributed by atoms with Crippen LogP contribution in [0, 0.1) is 5.92 Å². The van der Waals surface area contributed by atoms with E-state index in [1.54, 1.807) is 0 Å². The van der Waals surface area contributed by atoms with Crippen LogP contribution in [0.5, 0.6) is 0 Å². The lowest BCUT2D eigenvalue weighted by Gasteiger charge is -2.11. The van der Waals surface area contributed by atoms with Gasteiger partial charge in [-0.1, -0.05) is 6.07 Å². The maximum atomic E-state index is 12.5. The lowest BCUT2D eigenvalue weighted by molar-refractivity contribution is -0.137. The largest absolute Gasteiger partial charge is 0.416 e. The number of aliphatic hydroxyl groups is 1. The Morgan fingerprint density at radius 3 is 2.70 bits per heavy atom. The van der Waals surface area contributed by atoms with E-state index in [0.29, 0.717) is 12.3 Å². The van der Waals surface area contributed by atoms with Crippen molar-refractivity contribution in [1.82, 2.24) is 5.32 Å². The summed E-state index contributed by atoms with van der Waals surface area (Å²) in [5, 5.41) is 12.1. The number of amides is 1. The number of carbonyl (C=O) groups is 1. The van der Waals surface area contributed by atoms with Crippen molar-refractivity contribution >= 4 is 5.91 Å². The van der Waals surface area contributed by atoms with Gasteiger partial charge in [-0.15, -0.1) is 0 Å². The number of carbonyl (C=O) groups excluding carboxylic acids is 1. The van der Waals surface area contributed by atoms with E-state index in [4.69, 9.17) is 0 Å². The molecular formula is C14H16F3NO2. The van der Waals surface area contributed by atoms with Gasteiger partial charge in [-0.3, -0.25) is 4.79 Å². The van der Waals surface area contributed by atoms with Crippen LogP contribution in [0.3, 0.4) is 0 Å². The van der Waals surface area contributed by atoms with Crippen LogP contribution in [0.1, 0.15) is 35.2 Å². The Morgan fingerprint density at radius 2 is 2.10 bits per heavy atom. The van der Waals surface area contributed by atoms with Crippen molar-refractivity contribution in [3.8, 4) is 0 Å². The van der Waals surface area contributed by atoms with Crippen molar-refractivity contribution < 1.29 is 23.1 Å². The van der Waals surface area contributed by atoms with Crippen LogP contribution in [0.25, 0.3) is 0 Å². The first-order valence-corrected chi connectivity index (χ1v) is 6.51. The fraction of sp³-hybridized carbons (Fsp3) is 0.500. The summed E-state index contributed by atoms with van der Waals surface area (Å²) in [5.74, 6) is -0.237. The third kappa shape index (κ3) is 3.96. The number of halogens is 3. The summed E-state index contributed by atoms with van der Waals surface area (Å²) in [6.45, 7) is 0.257. The second-order valence-corrected chi connectivity index (χ2v) is 5.03. The highest BCUT2D eigenvalue weighted by Gasteiger charge is 2.31. The van der Waals surface area contributed by atoms with Gasteiger partial charge in [0.25, 0.3) is 5.91 Å². The monoisotopic (exact) mass is 287 g/mol. The Bertz CT molecular complexity index is 484. The first-order valence-electron chi connectivity index (χ1n) is 6.51. The van der Waals surface area contributed by atoms with Gasteiger partial charge in [-0.2, -0.15) is 13.2 Å². The zero-order chi connectivity index (χ0) is 14.8. The van der Waals surface area contributed by atoms with Crippen LogP contribution < -0.4 is 5.32 Å². The smallest absolute Gasteiger partial charge is 0.393 e. The van der Waals surface area contributed by atoms with Gasteiger partial charge >= 0.3 is 6.18 Å². The average Bonchev–Trinajstić information content (AvgIpc) is 3.22. The lowest BCUT2D eigenvalue weighted by atomic mass is 10.1. The molecule has 0 heterocycles. The summed E-state index contributed by atoms with van der Waals surface area (Å²) in [5.41, 5.74) is -0.871. The maximum Gasteiger partial charge on any atom is 0.416 e. The molecule has 0 spiro atoms. The standard InChI is InChI=1S/C14H16F3NO2/c15-14(16,17)11-3-1-2-10(8-11)13(20)18-7-6-12(19)9-4-5-9/h1-3,8-9,12,19H,4-7H2,(H,18,20)/t12-/m1/s1. The molecule has 2 N–H and O–H groups in total. The summed E-state index contributed by atoms with van der Waals surface area (Å²) < 4.78 is 37.6. The van der Waals surface area contributed by atoms with E-state index >= 15 is 0 Å².